The number of ether oxygens (including phenoxy) is 1. The molecule has 0 heterocycles. The van der Waals surface area contributed by atoms with Crippen LogP contribution in [0.2, 0.25) is 0 Å². The van der Waals surface area contributed by atoms with Crippen LogP contribution in [0.1, 0.15) is 19.3 Å². The number of carbonyl (C=O) groups is 2. The number of rotatable bonds is 10. The molecule has 0 rings (SSSR count). The molecule has 0 aromatic heterocycles. The van der Waals surface area contributed by atoms with Crippen molar-refractivity contribution in [1.82, 2.24) is 0 Å². The van der Waals surface area contributed by atoms with E-state index in [1.54, 1.807) is 0 Å². The van der Waals surface area contributed by atoms with Crippen LogP contribution in [0, 0.1) is 0 Å². The fourth-order valence-corrected chi connectivity index (χ4v) is 2.54. The van der Waals surface area contributed by atoms with E-state index in [1.807, 2.05) is 0 Å². The molecule has 21 heavy (non-hydrogen) atoms. The predicted molar refractivity (Wildman–Crippen MR) is 88.1 cm³/mol. The van der Waals surface area contributed by atoms with Gasteiger partial charge in [-0.25, -0.2) is 0 Å². The first kappa shape index (κ1) is 20.4. The molecule has 0 N–H and O–H groups in total. The maximum atomic E-state index is 11.7. The van der Waals surface area contributed by atoms with Crippen molar-refractivity contribution in [3.05, 3.63) is 0 Å². The van der Waals surface area contributed by atoms with Crippen molar-refractivity contribution in [3.8, 4) is 0 Å². The predicted octanol–water partition coefficient (Wildman–Crippen LogP) is 1.37. The third kappa shape index (κ3) is 15.6. The Morgan fingerprint density at radius 3 is 2.00 bits per heavy atom. The quantitative estimate of drug-likeness (QED) is 0.450. The first-order valence-corrected chi connectivity index (χ1v) is 8.40. The van der Waals surface area contributed by atoms with E-state index in [4.69, 9.17) is 4.74 Å². The molecular weight excluding hydrogens is 288 g/mol. The molecule has 0 atom stereocenters. The van der Waals surface area contributed by atoms with Gasteiger partial charge >= 0.3 is 5.97 Å². The number of nitrogens with zero attached hydrogens (tertiary/aromatic N) is 2. The van der Waals surface area contributed by atoms with Crippen LogP contribution in [0.15, 0.2) is 0 Å². The Hall–Kier alpha value is -0.590. The van der Waals surface area contributed by atoms with Crippen molar-refractivity contribution in [3.63, 3.8) is 0 Å². The van der Waals surface area contributed by atoms with Gasteiger partial charge in [0.05, 0.1) is 54.6 Å². The van der Waals surface area contributed by atoms with Crippen molar-refractivity contribution in [2.24, 2.45) is 0 Å². The standard InChI is InChI=1S/C15H32N2O3S/c1-16(2,3)10-12-20-14(18)8-7-9-15(19)21-13-11-17(4,5)6/h7-13H2,1-6H3/q+2. The molecule has 6 heteroatoms. The zero-order valence-electron chi connectivity index (χ0n) is 14.5. The van der Waals surface area contributed by atoms with Crippen molar-refractivity contribution in [1.29, 1.82) is 0 Å². The highest BCUT2D eigenvalue weighted by molar-refractivity contribution is 8.13. The third-order valence-electron chi connectivity index (χ3n) is 2.81. The van der Waals surface area contributed by atoms with Crippen molar-refractivity contribution in [2.45, 2.75) is 19.3 Å². The second kappa shape index (κ2) is 9.43. The van der Waals surface area contributed by atoms with E-state index in [-0.39, 0.29) is 11.1 Å². The molecule has 0 radical (unpaired) electrons. The summed E-state index contributed by atoms with van der Waals surface area (Å²) in [6.07, 6.45) is 1.37. The van der Waals surface area contributed by atoms with Gasteiger partial charge in [-0.1, -0.05) is 11.8 Å². The summed E-state index contributed by atoms with van der Waals surface area (Å²) in [5.74, 6) is 0.628. The minimum atomic E-state index is -0.201. The van der Waals surface area contributed by atoms with Gasteiger partial charge in [0.1, 0.15) is 13.2 Å². The van der Waals surface area contributed by atoms with E-state index in [1.165, 1.54) is 11.8 Å². The molecule has 0 aromatic rings. The average molecular weight is 320 g/mol. The monoisotopic (exact) mass is 320 g/mol. The molecule has 0 bridgehead atoms. The molecule has 0 aliphatic rings. The fraction of sp³-hybridized carbons (Fsp3) is 0.867. The van der Waals surface area contributed by atoms with Crippen molar-refractivity contribution >= 4 is 22.8 Å². The molecule has 0 amide bonds. The molecule has 0 spiro atoms. The van der Waals surface area contributed by atoms with Gasteiger partial charge in [0.25, 0.3) is 0 Å². The Labute approximate surface area is 133 Å². The van der Waals surface area contributed by atoms with Crippen LogP contribution in [0.3, 0.4) is 0 Å². The molecular formula is C15H32N2O3S+2. The summed E-state index contributed by atoms with van der Waals surface area (Å²) in [4.78, 5) is 23.2. The number of quaternary nitrogens is 2. The lowest BCUT2D eigenvalue weighted by Crippen LogP contribution is -2.38. The summed E-state index contributed by atoms with van der Waals surface area (Å²) in [5, 5.41) is 0.169. The molecule has 0 aliphatic heterocycles. The lowest BCUT2D eigenvalue weighted by Gasteiger charge is -2.23. The van der Waals surface area contributed by atoms with Crippen LogP contribution < -0.4 is 0 Å². The van der Waals surface area contributed by atoms with Crippen molar-refractivity contribution in [2.75, 3.05) is 67.7 Å². The minimum absolute atomic E-state index is 0.169. The third-order valence-corrected chi connectivity index (χ3v) is 3.72. The summed E-state index contributed by atoms with van der Waals surface area (Å²) in [7, 11) is 12.5. The zero-order valence-corrected chi connectivity index (χ0v) is 15.3. The number of esters is 1. The van der Waals surface area contributed by atoms with Gasteiger partial charge in [-0.15, -0.1) is 0 Å². The molecule has 0 saturated carbocycles. The Bertz CT molecular complexity index is 301. The number of thioether (sulfide) groups is 1. The fourth-order valence-electron chi connectivity index (χ4n) is 1.39. The Morgan fingerprint density at radius 1 is 0.905 bits per heavy atom. The minimum Gasteiger partial charge on any atom is -0.460 e. The lowest BCUT2D eigenvalue weighted by atomic mass is 10.2. The molecule has 0 saturated heterocycles. The van der Waals surface area contributed by atoms with E-state index in [0.29, 0.717) is 25.9 Å². The Kier molecular flexibility index (Phi) is 9.17. The average Bonchev–Trinajstić information content (AvgIpc) is 2.25. The summed E-state index contributed by atoms with van der Waals surface area (Å²) >= 11 is 1.37. The van der Waals surface area contributed by atoms with Crippen molar-refractivity contribution < 1.29 is 23.3 Å². The normalized spacial score (nSPS) is 12.3. The summed E-state index contributed by atoms with van der Waals surface area (Å²) in [6.45, 7) is 2.20. The van der Waals surface area contributed by atoms with Crippen LogP contribution in [-0.2, 0) is 14.3 Å². The van der Waals surface area contributed by atoms with Gasteiger partial charge in [-0.3, -0.25) is 9.59 Å². The lowest BCUT2D eigenvalue weighted by molar-refractivity contribution is -0.870. The molecule has 0 aromatic carbocycles. The van der Waals surface area contributed by atoms with E-state index < -0.39 is 0 Å². The highest BCUT2D eigenvalue weighted by Gasteiger charge is 2.12. The zero-order chi connectivity index (χ0) is 16.5. The van der Waals surface area contributed by atoms with Gasteiger partial charge in [0.15, 0.2) is 5.12 Å². The smallest absolute Gasteiger partial charge is 0.306 e. The van der Waals surface area contributed by atoms with Gasteiger partial charge in [0.2, 0.25) is 0 Å². The number of hydrogen-bond donors (Lipinski definition) is 0. The first-order chi connectivity index (χ1) is 9.49. The highest BCUT2D eigenvalue weighted by Crippen LogP contribution is 2.10. The number of carbonyl (C=O) groups excluding carboxylic acids is 2. The van der Waals surface area contributed by atoms with Gasteiger partial charge in [-0.2, -0.15) is 0 Å². The van der Waals surface area contributed by atoms with Crippen LogP contribution in [0.25, 0.3) is 0 Å². The topological polar surface area (TPSA) is 43.4 Å². The summed E-state index contributed by atoms with van der Waals surface area (Å²) < 4.78 is 6.78. The first-order valence-electron chi connectivity index (χ1n) is 7.42. The Balaban J connectivity index is 3.60. The molecule has 124 valence electrons. The molecule has 0 aliphatic carbocycles. The van der Waals surface area contributed by atoms with Crippen LogP contribution in [0.4, 0.5) is 0 Å². The number of hydrogen-bond acceptors (Lipinski definition) is 4. The SMILES string of the molecule is C[N+](C)(C)CCOC(=O)CCCC(=O)SCC[N+](C)(C)C. The largest absolute Gasteiger partial charge is 0.460 e. The van der Waals surface area contributed by atoms with Gasteiger partial charge in [0, 0.05) is 12.8 Å². The second-order valence-electron chi connectivity index (χ2n) is 7.32. The molecule has 0 fully saturated rings. The van der Waals surface area contributed by atoms with Crippen LogP contribution >= 0.6 is 11.8 Å². The number of likely N-dealkylation sites (N-methyl/N-ethyl adjacent to an activating group) is 1. The van der Waals surface area contributed by atoms with Gasteiger partial charge < -0.3 is 13.7 Å². The summed E-state index contributed by atoms with van der Waals surface area (Å²) in [5.41, 5.74) is 0. The Morgan fingerprint density at radius 2 is 1.48 bits per heavy atom. The van der Waals surface area contributed by atoms with Crippen LogP contribution in [0.5, 0.6) is 0 Å². The van der Waals surface area contributed by atoms with Crippen LogP contribution in [-0.4, -0.2) is 87.8 Å². The van der Waals surface area contributed by atoms with Gasteiger partial charge in [-0.05, 0) is 6.42 Å². The molecule has 0 unspecified atom stereocenters. The van der Waals surface area contributed by atoms with E-state index in [2.05, 4.69) is 42.3 Å². The highest BCUT2D eigenvalue weighted by atomic mass is 32.2. The molecule has 5 nitrogen and oxygen atoms in total. The van der Waals surface area contributed by atoms with E-state index in [9.17, 15) is 9.59 Å². The maximum absolute atomic E-state index is 11.7. The van der Waals surface area contributed by atoms with E-state index >= 15 is 0 Å². The van der Waals surface area contributed by atoms with E-state index in [0.717, 1.165) is 27.8 Å². The second-order valence-corrected chi connectivity index (χ2v) is 8.47. The summed E-state index contributed by atoms with van der Waals surface area (Å²) in [6, 6.07) is 0. The maximum Gasteiger partial charge on any atom is 0.306 e.